The summed E-state index contributed by atoms with van der Waals surface area (Å²) in [5.74, 6) is 0.00278. The van der Waals surface area contributed by atoms with Crippen LogP contribution in [0.1, 0.15) is 53.0 Å². The summed E-state index contributed by atoms with van der Waals surface area (Å²) < 4.78 is 8.20. The average Bonchev–Trinajstić information content (AvgIpc) is 3.23. The number of methoxy groups -OCH3 is 1. The fourth-order valence-electron chi connectivity index (χ4n) is 4.80. The summed E-state index contributed by atoms with van der Waals surface area (Å²) in [7, 11) is 1.69. The smallest absolute Gasteiger partial charge is 0.274 e. The summed E-state index contributed by atoms with van der Waals surface area (Å²) in [4.78, 5) is 19.8. The Morgan fingerprint density at radius 2 is 1.97 bits per heavy atom. The molecular formula is C24H27BrN4O2. The number of rotatable bonds is 3. The van der Waals surface area contributed by atoms with Gasteiger partial charge in [0, 0.05) is 44.7 Å². The summed E-state index contributed by atoms with van der Waals surface area (Å²) in [6, 6.07) is 10.7. The minimum absolute atomic E-state index is 0.00278. The number of hydrogen-bond donors (Lipinski definition) is 1. The number of aromatic nitrogens is 2. The van der Waals surface area contributed by atoms with Crippen LogP contribution < -0.4 is 5.32 Å². The van der Waals surface area contributed by atoms with E-state index >= 15 is 0 Å². The Bertz CT molecular complexity index is 1130. The largest absolute Gasteiger partial charge is 0.377 e. The van der Waals surface area contributed by atoms with E-state index in [2.05, 4.69) is 50.5 Å². The average molecular weight is 483 g/mol. The highest BCUT2D eigenvalue weighted by molar-refractivity contribution is 9.10. The summed E-state index contributed by atoms with van der Waals surface area (Å²) in [5, 5.41) is 3.77. The maximum absolute atomic E-state index is 13.2. The van der Waals surface area contributed by atoms with Crippen molar-refractivity contribution >= 4 is 27.5 Å². The van der Waals surface area contributed by atoms with E-state index in [1.807, 2.05) is 34.7 Å². The summed E-state index contributed by atoms with van der Waals surface area (Å²) in [5.41, 5.74) is 5.19. The van der Waals surface area contributed by atoms with Crippen LogP contribution in [-0.2, 0) is 17.7 Å². The first-order valence-electron chi connectivity index (χ1n) is 10.8. The van der Waals surface area contributed by atoms with Crippen molar-refractivity contribution in [3.8, 4) is 0 Å². The van der Waals surface area contributed by atoms with E-state index in [0.717, 1.165) is 54.6 Å². The van der Waals surface area contributed by atoms with Gasteiger partial charge in [-0.15, -0.1) is 0 Å². The zero-order valence-electron chi connectivity index (χ0n) is 17.9. The molecule has 3 aromatic rings. The molecule has 1 amide bonds. The Morgan fingerprint density at radius 1 is 1.23 bits per heavy atom. The van der Waals surface area contributed by atoms with Gasteiger partial charge in [-0.2, -0.15) is 0 Å². The second-order valence-electron chi connectivity index (χ2n) is 8.73. The zero-order valence-corrected chi connectivity index (χ0v) is 19.5. The third-order valence-electron chi connectivity index (χ3n) is 6.88. The van der Waals surface area contributed by atoms with Gasteiger partial charge in [-0.3, -0.25) is 4.79 Å². The quantitative estimate of drug-likeness (QED) is 0.609. The molecule has 7 heteroatoms. The van der Waals surface area contributed by atoms with Gasteiger partial charge in [0.15, 0.2) is 5.65 Å². The summed E-state index contributed by atoms with van der Waals surface area (Å²) in [6.45, 7) is 4.40. The van der Waals surface area contributed by atoms with Crippen molar-refractivity contribution in [3.05, 3.63) is 69.6 Å². The second kappa shape index (κ2) is 8.04. The van der Waals surface area contributed by atoms with Crippen molar-refractivity contribution in [2.75, 3.05) is 20.2 Å². The number of fused-ring (bicyclic) bond motifs is 2. The van der Waals surface area contributed by atoms with Gasteiger partial charge in [-0.1, -0.05) is 24.3 Å². The normalized spacial score (nSPS) is 18.9. The highest BCUT2D eigenvalue weighted by atomic mass is 79.9. The van der Waals surface area contributed by atoms with E-state index in [-0.39, 0.29) is 17.6 Å². The number of likely N-dealkylation sites (tertiary alicyclic amines) is 1. The van der Waals surface area contributed by atoms with E-state index in [9.17, 15) is 4.79 Å². The molecule has 0 saturated carbocycles. The Balaban J connectivity index is 1.32. The Hall–Kier alpha value is -2.22. The zero-order chi connectivity index (χ0) is 21.6. The summed E-state index contributed by atoms with van der Waals surface area (Å²) >= 11 is 3.59. The van der Waals surface area contributed by atoms with Crippen molar-refractivity contribution in [2.24, 2.45) is 0 Å². The molecule has 1 unspecified atom stereocenters. The number of nitrogens with zero attached hydrogens (tertiary/aromatic N) is 3. The van der Waals surface area contributed by atoms with Crippen LogP contribution in [0, 0.1) is 0 Å². The van der Waals surface area contributed by atoms with Gasteiger partial charge < -0.3 is 19.4 Å². The van der Waals surface area contributed by atoms with Crippen LogP contribution in [0.15, 0.2) is 47.2 Å². The molecule has 1 aromatic carbocycles. The van der Waals surface area contributed by atoms with Crippen LogP contribution in [0.25, 0.3) is 5.65 Å². The maximum Gasteiger partial charge on any atom is 0.274 e. The SMILES string of the molecule is COC(C)c1cc(Br)c2nc(C(=O)N3CCC4(CC3)Cc3ccccc3CN4)cn2c1. The van der Waals surface area contributed by atoms with Crippen molar-refractivity contribution in [1.82, 2.24) is 19.6 Å². The van der Waals surface area contributed by atoms with Crippen LogP contribution in [0.2, 0.25) is 0 Å². The molecule has 2 aromatic heterocycles. The van der Waals surface area contributed by atoms with Gasteiger partial charge in [-0.25, -0.2) is 4.98 Å². The van der Waals surface area contributed by atoms with Crippen LogP contribution in [0.4, 0.5) is 0 Å². The maximum atomic E-state index is 13.2. The van der Waals surface area contributed by atoms with E-state index in [0.29, 0.717) is 5.69 Å². The number of pyridine rings is 1. The lowest BCUT2D eigenvalue weighted by Crippen LogP contribution is -2.57. The first-order chi connectivity index (χ1) is 15.0. The number of imidazole rings is 1. The van der Waals surface area contributed by atoms with E-state index in [1.165, 1.54) is 11.1 Å². The monoisotopic (exact) mass is 482 g/mol. The number of carbonyl (C=O) groups is 1. The van der Waals surface area contributed by atoms with Crippen LogP contribution in [0.5, 0.6) is 0 Å². The van der Waals surface area contributed by atoms with Gasteiger partial charge >= 0.3 is 0 Å². The van der Waals surface area contributed by atoms with Crippen molar-refractivity contribution < 1.29 is 9.53 Å². The molecule has 1 saturated heterocycles. The highest BCUT2D eigenvalue weighted by Gasteiger charge is 2.38. The molecule has 0 aliphatic carbocycles. The Kier molecular flexibility index (Phi) is 5.36. The number of hydrogen-bond acceptors (Lipinski definition) is 4. The number of carbonyl (C=O) groups excluding carboxylic acids is 1. The van der Waals surface area contributed by atoms with Crippen molar-refractivity contribution in [3.63, 3.8) is 0 Å². The van der Waals surface area contributed by atoms with Crippen LogP contribution >= 0.6 is 15.9 Å². The molecule has 5 rings (SSSR count). The first-order valence-corrected chi connectivity index (χ1v) is 11.6. The van der Waals surface area contributed by atoms with Gasteiger partial charge in [0.25, 0.3) is 5.91 Å². The molecule has 2 aliphatic rings. The van der Waals surface area contributed by atoms with Gasteiger partial charge in [0.05, 0.1) is 10.6 Å². The third-order valence-corrected chi connectivity index (χ3v) is 7.46. The molecule has 31 heavy (non-hydrogen) atoms. The molecule has 4 heterocycles. The lowest BCUT2D eigenvalue weighted by atomic mass is 9.78. The molecule has 6 nitrogen and oxygen atoms in total. The standard InChI is InChI=1S/C24H27BrN4O2/c1-16(31-2)19-11-20(25)22-27-21(15-29(22)14-19)23(30)28-9-7-24(8-10-28)12-17-5-3-4-6-18(17)13-26-24/h3-6,11,14-16,26H,7-10,12-13H2,1-2H3. The minimum atomic E-state index is -0.0336. The number of amides is 1. The fraction of sp³-hybridized carbons (Fsp3) is 0.417. The van der Waals surface area contributed by atoms with E-state index in [4.69, 9.17) is 4.74 Å². The first kappa shape index (κ1) is 20.7. The minimum Gasteiger partial charge on any atom is -0.377 e. The van der Waals surface area contributed by atoms with Crippen LogP contribution in [-0.4, -0.2) is 45.9 Å². The van der Waals surface area contributed by atoms with Crippen LogP contribution in [0.3, 0.4) is 0 Å². The number of nitrogens with one attached hydrogen (secondary N) is 1. The molecule has 1 N–H and O–H groups in total. The number of halogens is 1. The number of ether oxygens (including phenoxy) is 1. The lowest BCUT2D eigenvalue weighted by molar-refractivity contribution is 0.0626. The molecule has 1 fully saturated rings. The highest BCUT2D eigenvalue weighted by Crippen LogP contribution is 2.32. The number of piperidine rings is 1. The molecule has 1 spiro atoms. The molecule has 0 bridgehead atoms. The lowest BCUT2D eigenvalue weighted by Gasteiger charge is -2.45. The van der Waals surface area contributed by atoms with Crippen molar-refractivity contribution in [1.29, 1.82) is 0 Å². The number of benzene rings is 1. The predicted octanol–water partition coefficient (Wildman–Crippen LogP) is 4.12. The van der Waals surface area contributed by atoms with Gasteiger partial charge in [-0.05, 0) is 64.9 Å². The van der Waals surface area contributed by atoms with Gasteiger partial charge in [0.1, 0.15) is 5.69 Å². The second-order valence-corrected chi connectivity index (χ2v) is 9.58. The topological polar surface area (TPSA) is 58.9 Å². The van der Waals surface area contributed by atoms with Gasteiger partial charge in [0.2, 0.25) is 0 Å². The molecule has 1 atom stereocenters. The molecule has 2 aliphatic heterocycles. The molecule has 0 radical (unpaired) electrons. The molecular weight excluding hydrogens is 456 g/mol. The summed E-state index contributed by atoms with van der Waals surface area (Å²) in [6.07, 6.45) is 6.72. The molecule has 162 valence electrons. The Morgan fingerprint density at radius 3 is 2.71 bits per heavy atom. The van der Waals surface area contributed by atoms with E-state index < -0.39 is 0 Å². The van der Waals surface area contributed by atoms with Crippen molar-refractivity contribution in [2.45, 2.75) is 44.4 Å². The fourth-order valence-corrected chi connectivity index (χ4v) is 5.36. The Labute approximate surface area is 190 Å². The third kappa shape index (κ3) is 3.79. The predicted molar refractivity (Wildman–Crippen MR) is 123 cm³/mol. The van der Waals surface area contributed by atoms with E-state index in [1.54, 1.807) is 7.11 Å².